The molecule has 2 heteroatoms. The summed E-state index contributed by atoms with van der Waals surface area (Å²) in [5.41, 5.74) is 3.87. The first-order valence-corrected chi connectivity index (χ1v) is 9.35. The Labute approximate surface area is 150 Å². The average Bonchev–Trinajstić information content (AvgIpc) is 3.03. The SMILES string of the molecule is Cc1ccccc1-c1ccc2c3ccc4ccccc4c3sc2[n+]1C. The van der Waals surface area contributed by atoms with E-state index in [1.807, 2.05) is 11.3 Å². The minimum Gasteiger partial charge on any atom is -0.185 e. The normalized spacial score (nSPS) is 11.6. The van der Waals surface area contributed by atoms with Crippen LogP contribution in [0, 0.1) is 6.92 Å². The zero-order valence-corrected chi connectivity index (χ0v) is 15.1. The molecule has 120 valence electrons. The zero-order valence-electron chi connectivity index (χ0n) is 14.3. The first-order valence-electron chi connectivity index (χ1n) is 8.53. The lowest BCUT2D eigenvalue weighted by Crippen LogP contribution is -2.31. The van der Waals surface area contributed by atoms with Gasteiger partial charge >= 0.3 is 0 Å². The quantitative estimate of drug-likeness (QED) is 0.329. The summed E-state index contributed by atoms with van der Waals surface area (Å²) in [4.78, 5) is 1.33. The van der Waals surface area contributed by atoms with E-state index < -0.39 is 0 Å². The van der Waals surface area contributed by atoms with Crippen molar-refractivity contribution in [3.05, 3.63) is 78.4 Å². The van der Waals surface area contributed by atoms with Crippen LogP contribution in [0.3, 0.4) is 0 Å². The largest absolute Gasteiger partial charge is 0.270 e. The number of pyridine rings is 1. The van der Waals surface area contributed by atoms with Gasteiger partial charge in [0, 0.05) is 21.7 Å². The highest BCUT2D eigenvalue weighted by molar-refractivity contribution is 7.26. The molecule has 0 bridgehead atoms. The average molecular weight is 340 g/mol. The van der Waals surface area contributed by atoms with Gasteiger partial charge in [0.25, 0.3) is 4.83 Å². The Kier molecular flexibility index (Phi) is 3.16. The van der Waals surface area contributed by atoms with Crippen molar-refractivity contribution in [1.29, 1.82) is 0 Å². The van der Waals surface area contributed by atoms with E-state index in [-0.39, 0.29) is 0 Å². The first kappa shape index (κ1) is 14.6. The van der Waals surface area contributed by atoms with Gasteiger partial charge in [-0.25, -0.2) is 0 Å². The molecule has 25 heavy (non-hydrogen) atoms. The van der Waals surface area contributed by atoms with E-state index in [0.29, 0.717) is 0 Å². The first-order chi connectivity index (χ1) is 12.2. The molecule has 5 rings (SSSR count). The summed E-state index contributed by atoms with van der Waals surface area (Å²) in [5, 5.41) is 5.35. The van der Waals surface area contributed by atoms with E-state index in [9.17, 15) is 0 Å². The predicted molar refractivity (Wildman–Crippen MR) is 108 cm³/mol. The van der Waals surface area contributed by atoms with Crippen LogP contribution < -0.4 is 4.57 Å². The Balaban J connectivity index is 1.88. The molecular weight excluding hydrogens is 322 g/mol. The molecule has 2 heterocycles. The van der Waals surface area contributed by atoms with Gasteiger partial charge in [0.1, 0.15) is 7.05 Å². The standard InChI is InChI=1S/C23H18NS/c1-15-7-3-5-9-17(15)21-14-13-20-19-12-11-16-8-4-6-10-18(16)22(19)25-23(20)24(21)2/h3-14H,1-2H3/q+1. The van der Waals surface area contributed by atoms with Crippen LogP contribution in [0.15, 0.2) is 72.8 Å². The number of fused-ring (bicyclic) bond motifs is 5. The van der Waals surface area contributed by atoms with Gasteiger partial charge in [-0.05, 0) is 35.4 Å². The van der Waals surface area contributed by atoms with Crippen molar-refractivity contribution in [2.75, 3.05) is 0 Å². The topological polar surface area (TPSA) is 3.88 Å². The molecule has 0 saturated heterocycles. The van der Waals surface area contributed by atoms with Crippen molar-refractivity contribution in [1.82, 2.24) is 0 Å². The monoisotopic (exact) mass is 340 g/mol. The van der Waals surface area contributed by atoms with E-state index in [1.54, 1.807) is 0 Å². The zero-order chi connectivity index (χ0) is 17.0. The van der Waals surface area contributed by atoms with Gasteiger partial charge in [0.15, 0.2) is 0 Å². The van der Waals surface area contributed by atoms with Gasteiger partial charge in [-0.1, -0.05) is 65.9 Å². The molecule has 2 aromatic heterocycles. The number of aromatic nitrogens is 1. The van der Waals surface area contributed by atoms with Crippen LogP contribution in [0.25, 0.3) is 42.3 Å². The number of thiophene rings is 1. The smallest absolute Gasteiger partial charge is 0.185 e. The molecule has 0 amide bonds. The highest BCUT2D eigenvalue weighted by atomic mass is 32.1. The van der Waals surface area contributed by atoms with Crippen molar-refractivity contribution in [2.24, 2.45) is 7.05 Å². The molecule has 0 aliphatic heterocycles. The Morgan fingerprint density at radius 2 is 1.48 bits per heavy atom. The van der Waals surface area contributed by atoms with Crippen molar-refractivity contribution < 1.29 is 4.57 Å². The molecule has 0 fully saturated rings. The Morgan fingerprint density at radius 1 is 0.720 bits per heavy atom. The maximum absolute atomic E-state index is 2.34. The number of rotatable bonds is 1. The van der Waals surface area contributed by atoms with Gasteiger partial charge in [-0.3, -0.25) is 0 Å². The van der Waals surface area contributed by atoms with Gasteiger partial charge < -0.3 is 0 Å². The molecule has 0 aliphatic carbocycles. The summed E-state index contributed by atoms with van der Waals surface area (Å²) in [6.45, 7) is 2.18. The number of nitrogens with zero attached hydrogens (tertiary/aromatic N) is 1. The summed E-state index contributed by atoms with van der Waals surface area (Å²) in [6, 6.07) is 26.3. The van der Waals surface area contributed by atoms with Crippen LogP contribution in [0.4, 0.5) is 0 Å². The van der Waals surface area contributed by atoms with Crippen molar-refractivity contribution in [3.63, 3.8) is 0 Å². The van der Waals surface area contributed by atoms with Crippen LogP contribution in [-0.2, 0) is 7.05 Å². The lowest BCUT2D eigenvalue weighted by atomic mass is 10.0. The summed E-state index contributed by atoms with van der Waals surface area (Å²) in [6.07, 6.45) is 0. The number of aryl methyl sites for hydroxylation is 2. The maximum atomic E-state index is 2.34. The van der Waals surface area contributed by atoms with Crippen molar-refractivity contribution >= 4 is 42.4 Å². The molecule has 0 radical (unpaired) electrons. The van der Waals surface area contributed by atoms with E-state index in [4.69, 9.17) is 0 Å². The van der Waals surface area contributed by atoms with Crippen LogP contribution in [-0.4, -0.2) is 0 Å². The molecule has 5 aromatic rings. The van der Waals surface area contributed by atoms with Crippen LogP contribution in [0.1, 0.15) is 5.56 Å². The third-order valence-corrected chi connectivity index (χ3v) is 6.42. The highest BCUT2D eigenvalue weighted by Gasteiger charge is 2.20. The fourth-order valence-corrected chi connectivity index (χ4v) is 5.06. The predicted octanol–water partition coefficient (Wildman–Crippen LogP) is 6.01. The van der Waals surface area contributed by atoms with Crippen LogP contribution >= 0.6 is 11.3 Å². The number of benzene rings is 3. The minimum absolute atomic E-state index is 1.27. The molecule has 1 nitrogen and oxygen atoms in total. The fraction of sp³-hybridized carbons (Fsp3) is 0.0870. The Morgan fingerprint density at radius 3 is 2.36 bits per heavy atom. The van der Waals surface area contributed by atoms with E-state index in [0.717, 1.165) is 0 Å². The van der Waals surface area contributed by atoms with E-state index >= 15 is 0 Å². The van der Waals surface area contributed by atoms with Gasteiger partial charge in [-0.2, -0.15) is 4.57 Å². The second-order valence-electron chi connectivity index (χ2n) is 6.58. The molecule has 0 unspecified atom stereocenters. The van der Waals surface area contributed by atoms with Gasteiger partial charge in [0.05, 0.1) is 5.39 Å². The summed E-state index contributed by atoms with van der Waals surface area (Å²) in [5.74, 6) is 0. The summed E-state index contributed by atoms with van der Waals surface area (Å²) >= 11 is 1.90. The summed E-state index contributed by atoms with van der Waals surface area (Å²) in [7, 11) is 2.18. The van der Waals surface area contributed by atoms with Crippen LogP contribution in [0.5, 0.6) is 0 Å². The lowest BCUT2D eigenvalue weighted by molar-refractivity contribution is -0.631. The maximum Gasteiger partial charge on any atom is 0.270 e. The second kappa shape index (κ2) is 5.40. The Hall–Kier alpha value is -2.71. The Bertz CT molecular complexity index is 1260. The third-order valence-electron chi connectivity index (χ3n) is 5.09. The lowest BCUT2D eigenvalue weighted by Gasteiger charge is -2.04. The fourth-order valence-electron chi connectivity index (χ4n) is 3.76. The second-order valence-corrected chi connectivity index (χ2v) is 7.58. The van der Waals surface area contributed by atoms with Crippen molar-refractivity contribution in [3.8, 4) is 11.3 Å². The van der Waals surface area contributed by atoms with E-state index in [2.05, 4.69) is 91.3 Å². The minimum atomic E-state index is 1.27. The van der Waals surface area contributed by atoms with Crippen LogP contribution in [0.2, 0.25) is 0 Å². The summed E-state index contributed by atoms with van der Waals surface area (Å²) < 4.78 is 3.72. The molecule has 0 saturated carbocycles. The molecule has 0 aliphatic rings. The molecule has 0 N–H and O–H groups in total. The number of hydrogen-bond acceptors (Lipinski definition) is 1. The number of hydrogen-bond donors (Lipinski definition) is 0. The highest BCUT2D eigenvalue weighted by Crippen LogP contribution is 2.37. The third kappa shape index (κ3) is 2.11. The van der Waals surface area contributed by atoms with Crippen molar-refractivity contribution in [2.45, 2.75) is 6.92 Å². The molecule has 0 spiro atoms. The molecule has 0 atom stereocenters. The van der Waals surface area contributed by atoms with Gasteiger partial charge in [-0.15, -0.1) is 0 Å². The molecular formula is C23H18NS+. The van der Waals surface area contributed by atoms with E-state index in [1.165, 1.54) is 47.9 Å². The molecule has 3 aromatic carbocycles. The van der Waals surface area contributed by atoms with Gasteiger partial charge in [0.2, 0.25) is 5.69 Å².